The molecule has 9 nitrogen and oxygen atoms in total. The molecule has 0 rings (SSSR count). The highest BCUT2D eigenvalue weighted by atomic mass is 16.7. The number of carbonyl (C=O) groups excluding carboxylic acids is 2. The molecule has 1 N–H and O–H groups in total. The standard InChI is InChI=1S/C98H159NO8/c1-6-8-10-12-14-16-18-20-22-24-26-28-30-32-34-36-38-40-42-44-46-48-50-52-54-56-58-60-62-64-66-68-70-72-74-76-78-80-82-84-86-88-95(100)105-92-94(93-106-98(97(102)103)104-91-90-99(3,4)5)107-96(101)89-87-85-83-81-79-77-75-73-71-69-67-65-63-61-59-57-55-53-51-49-47-45-43-41-39-37-35-33-31-29-27-25-23-21-19-17-15-13-11-9-7-2/h8-11,14-17,20-23,26-29,32-35,38-41,44-47,51,53,57,59,63,65,94,98H,6-7,12-13,18-19,24-25,30-31,36-37,42-43,48-50,52,54-56,58,60-62,64,66-93H2,1-5H3/p+1/b10-8-,11-9-,16-14-,17-15-,22-20-,23-21-,28-26-,29-27-,34-32-,35-33-,40-38-,41-39-,46-44-,47-45-,53-51-,59-57-,65-63-. The van der Waals surface area contributed by atoms with Crippen LogP contribution in [0, 0.1) is 0 Å². The van der Waals surface area contributed by atoms with Gasteiger partial charge in [0.15, 0.2) is 6.10 Å². The Bertz CT molecular complexity index is 2530. The highest BCUT2D eigenvalue weighted by Gasteiger charge is 2.25. The number of carbonyl (C=O) groups is 3. The van der Waals surface area contributed by atoms with Crippen molar-refractivity contribution in [2.45, 2.75) is 347 Å². The number of unbranched alkanes of at least 4 members (excludes halogenated alkanes) is 29. The van der Waals surface area contributed by atoms with Gasteiger partial charge in [-0.1, -0.05) is 381 Å². The van der Waals surface area contributed by atoms with Crippen molar-refractivity contribution in [2.75, 3.05) is 47.5 Å². The van der Waals surface area contributed by atoms with Gasteiger partial charge in [-0.3, -0.25) is 9.59 Å². The highest BCUT2D eigenvalue weighted by Crippen LogP contribution is 2.18. The van der Waals surface area contributed by atoms with Crippen molar-refractivity contribution >= 4 is 17.9 Å². The number of esters is 2. The van der Waals surface area contributed by atoms with E-state index in [1.54, 1.807) is 0 Å². The van der Waals surface area contributed by atoms with Crippen LogP contribution < -0.4 is 0 Å². The predicted octanol–water partition coefficient (Wildman–Crippen LogP) is 28.6. The Hall–Kier alpha value is -6.13. The fraction of sp³-hybridized carbons (Fsp3) is 0.622. The maximum absolute atomic E-state index is 13.0. The minimum atomic E-state index is -1.52. The number of carboxylic acid groups (broad SMARTS) is 1. The molecule has 0 aromatic rings. The highest BCUT2D eigenvalue weighted by molar-refractivity contribution is 5.71. The molecule has 0 bridgehead atoms. The van der Waals surface area contributed by atoms with Gasteiger partial charge < -0.3 is 28.5 Å². The molecule has 0 heterocycles. The van der Waals surface area contributed by atoms with E-state index >= 15 is 0 Å². The molecule has 0 aromatic heterocycles. The summed E-state index contributed by atoms with van der Waals surface area (Å²) in [5.41, 5.74) is 0. The molecule has 0 amide bonds. The van der Waals surface area contributed by atoms with Crippen molar-refractivity contribution in [3.05, 3.63) is 207 Å². The fourth-order valence-electron chi connectivity index (χ4n) is 11.6. The van der Waals surface area contributed by atoms with Gasteiger partial charge in [-0.05, 0) is 148 Å². The van der Waals surface area contributed by atoms with E-state index in [-0.39, 0.29) is 32.2 Å². The molecule has 2 atom stereocenters. The van der Waals surface area contributed by atoms with E-state index in [0.717, 1.165) is 154 Å². The first-order valence-corrected chi connectivity index (χ1v) is 43.2. The average molecular weight is 1480 g/mol. The van der Waals surface area contributed by atoms with E-state index in [2.05, 4.69) is 220 Å². The van der Waals surface area contributed by atoms with E-state index in [1.807, 2.05) is 21.1 Å². The summed E-state index contributed by atoms with van der Waals surface area (Å²) in [5, 5.41) is 9.79. The lowest BCUT2D eigenvalue weighted by Gasteiger charge is -2.25. The molecule has 0 aliphatic heterocycles. The summed E-state index contributed by atoms with van der Waals surface area (Å²) < 4.78 is 23.1. The van der Waals surface area contributed by atoms with Crippen molar-refractivity contribution in [1.29, 1.82) is 0 Å². The second kappa shape index (κ2) is 85.5. The number of aliphatic carboxylic acids is 1. The van der Waals surface area contributed by atoms with E-state index in [4.69, 9.17) is 18.9 Å². The van der Waals surface area contributed by atoms with Gasteiger partial charge in [0.25, 0.3) is 6.29 Å². The predicted molar refractivity (Wildman–Crippen MR) is 465 cm³/mol. The van der Waals surface area contributed by atoms with Crippen LogP contribution in [0.15, 0.2) is 207 Å². The molecule has 0 spiro atoms. The van der Waals surface area contributed by atoms with Crippen LogP contribution in [-0.4, -0.2) is 87.4 Å². The molecule has 2 unspecified atom stereocenters. The zero-order valence-electron chi connectivity index (χ0n) is 69.2. The van der Waals surface area contributed by atoms with Crippen LogP contribution in [0.3, 0.4) is 0 Å². The molecule has 0 saturated carbocycles. The summed E-state index contributed by atoms with van der Waals surface area (Å²) >= 11 is 0. The number of rotatable bonds is 78. The number of likely N-dealkylation sites (N-methyl/N-ethyl adjacent to an activating group) is 1. The first-order valence-electron chi connectivity index (χ1n) is 43.2. The number of carboxylic acids is 1. The number of quaternary nitrogens is 1. The van der Waals surface area contributed by atoms with Crippen LogP contribution in [0.4, 0.5) is 0 Å². The largest absolute Gasteiger partial charge is 0.477 e. The number of hydrogen-bond acceptors (Lipinski definition) is 7. The monoisotopic (exact) mass is 1480 g/mol. The van der Waals surface area contributed by atoms with Crippen LogP contribution in [0.1, 0.15) is 335 Å². The molecule has 107 heavy (non-hydrogen) atoms. The first-order chi connectivity index (χ1) is 52.6. The molecule has 0 radical (unpaired) electrons. The van der Waals surface area contributed by atoms with Gasteiger partial charge in [-0.2, -0.15) is 0 Å². The van der Waals surface area contributed by atoms with E-state index < -0.39 is 24.3 Å². The number of nitrogens with zero attached hydrogens (tertiary/aromatic N) is 1. The maximum atomic E-state index is 13.0. The topological polar surface area (TPSA) is 108 Å². The third kappa shape index (κ3) is 87.0. The zero-order chi connectivity index (χ0) is 77.4. The summed E-state index contributed by atoms with van der Waals surface area (Å²) in [7, 11) is 5.98. The normalized spacial score (nSPS) is 13.7. The molecule has 0 saturated heterocycles. The van der Waals surface area contributed by atoms with Gasteiger partial charge in [0.2, 0.25) is 0 Å². The Morgan fingerprint density at radius 2 is 0.505 bits per heavy atom. The first kappa shape index (κ1) is 101. The second-order valence-corrected chi connectivity index (χ2v) is 29.4. The van der Waals surface area contributed by atoms with Crippen molar-refractivity contribution in [1.82, 2.24) is 0 Å². The minimum Gasteiger partial charge on any atom is -0.477 e. The molecule has 0 aromatic carbocycles. The SMILES string of the molecule is CC/C=C\C/C=C\C/C=C\C/C=C\C/C=C\C/C=C\C/C=C\C/C=C\C/C=C\C/C=C\CCCCCCCCCCCCC(=O)OC(COC(=O)CCCCCCCCCCCCCCCCCCCCC/C=C\C/C=C\C/C=C\C/C=C\C/C=C\C/C=C\C/C=C\CC)COC(OCC[N+](C)(C)C)C(=O)O. The van der Waals surface area contributed by atoms with Gasteiger partial charge in [-0.25, -0.2) is 4.79 Å². The van der Waals surface area contributed by atoms with Crippen molar-refractivity contribution < 1.29 is 42.9 Å². The molecule has 9 heteroatoms. The smallest absolute Gasteiger partial charge is 0.361 e. The van der Waals surface area contributed by atoms with Gasteiger partial charge in [0.1, 0.15) is 13.2 Å². The van der Waals surface area contributed by atoms with Crippen molar-refractivity contribution in [3.63, 3.8) is 0 Å². The maximum Gasteiger partial charge on any atom is 0.361 e. The zero-order valence-corrected chi connectivity index (χ0v) is 69.2. The third-order valence-corrected chi connectivity index (χ3v) is 18.0. The molecular formula is C98H160NO8+. The third-order valence-electron chi connectivity index (χ3n) is 18.0. The van der Waals surface area contributed by atoms with Gasteiger partial charge >= 0.3 is 17.9 Å². The minimum absolute atomic E-state index is 0.179. The Morgan fingerprint density at radius 1 is 0.280 bits per heavy atom. The van der Waals surface area contributed by atoms with Crippen LogP contribution in [0.25, 0.3) is 0 Å². The van der Waals surface area contributed by atoms with Crippen LogP contribution in [0.2, 0.25) is 0 Å². The average Bonchev–Trinajstić information content (AvgIpc) is 0.965. The van der Waals surface area contributed by atoms with E-state index in [1.165, 1.54) is 148 Å². The van der Waals surface area contributed by atoms with E-state index in [0.29, 0.717) is 23.9 Å². The Kier molecular flexibility index (Phi) is 80.6. The summed E-state index contributed by atoms with van der Waals surface area (Å²) in [6.07, 6.45) is 130. The van der Waals surface area contributed by atoms with Crippen molar-refractivity contribution in [2.24, 2.45) is 0 Å². The molecule has 0 aliphatic rings. The summed E-state index contributed by atoms with van der Waals surface area (Å²) in [6, 6.07) is 0. The number of hydrogen-bond donors (Lipinski definition) is 1. The van der Waals surface area contributed by atoms with Crippen LogP contribution in [0.5, 0.6) is 0 Å². The molecule has 0 aliphatic carbocycles. The molecular weight excluding hydrogens is 1320 g/mol. The lowest BCUT2D eigenvalue weighted by atomic mass is 10.0. The molecule has 0 fully saturated rings. The Labute approximate surface area is 658 Å². The van der Waals surface area contributed by atoms with Crippen LogP contribution in [-0.2, 0) is 33.3 Å². The van der Waals surface area contributed by atoms with Crippen LogP contribution >= 0.6 is 0 Å². The quantitative estimate of drug-likeness (QED) is 0.0211. The van der Waals surface area contributed by atoms with Gasteiger partial charge in [0.05, 0.1) is 34.4 Å². The lowest BCUT2D eigenvalue weighted by Crippen LogP contribution is -2.40. The second-order valence-electron chi connectivity index (χ2n) is 29.4. The van der Waals surface area contributed by atoms with Crippen molar-refractivity contribution in [3.8, 4) is 0 Å². The van der Waals surface area contributed by atoms with Gasteiger partial charge in [0, 0.05) is 12.8 Å². The number of allylic oxidation sites excluding steroid dienone is 34. The van der Waals surface area contributed by atoms with E-state index in [9.17, 15) is 19.5 Å². The summed E-state index contributed by atoms with van der Waals surface area (Å²) in [5.74, 6) is -2.01. The Balaban J connectivity index is 4.06. The Morgan fingerprint density at radius 3 is 0.748 bits per heavy atom. The fourth-order valence-corrected chi connectivity index (χ4v) is 11.6. The summed E-state index contributed by atoms with van der Waals surface area (Å²) in [4.78, 5) is 37.8. The number of ether oxygens (including phenoxy) is 4. The summed E-state index contributed by atoms with van der Waals surface area (Å²) in [6.45, 7) is 4.65. The lowest BCUT2D eigenvalue weighted by molar-refractivity contribution is -0.870. The van der Waals surface area contributed by atoms with Gasteiger partial charge in [-0.15, -0.1) is 0 Å². The molecule has 604 valence electrons.